The summed E-state index contributed by atoms with van der Waals surface area (Å²) in [6, 6.07) is 3.83. The third-order valence-corrected chi connectivity index (χ3v) is 4.95. The van der Waals surface area contributed by atoms with Crippen LogP contribution in [-0.4, -0.2) is 38.3 Å². The molecule has 2 rings (SSSR count). The Bertz CT molecular complexity index is 598. The number of aryl methyl sites for hydroxylation is 1. The first-order chi connectivity index (χ1) is 8.87. The van der Waals surface area contributed by atoms with E-state index in [1.54, 1.807) is 6.92 Å². The fourth-order valence-electron chi connectivity index (χ4n) is 2.16. The summed E-state index contributed by atoms with van der Waals surface area (Å²) >= 11 is 0. The van der Waals surface area contributed by atoms with Gasteiger partial charge in [0.1, 0.15) is 5.82 Å². The summed E-state index contributed by atoms with van der Waals surface area (Å²) in [6.45, 7) is 1.97. The molecule has 0 saturated carbocycles. The molecule has 0 aromatic heterocycles. The highest BCUT2D eigenvalue weighted by molar-refractivity contribution is 7.91. The Labute approximate surface area is 111 Å². The molecule has 0 bridgehead atoms. The standard InChI is InChI=1S/C13H16FNO3S/c1-9-6-10(2-3-12(9)14)13(16)7-11-8-19(17,18)5-4-15-11/h2-3,6,11,15H,4-5,7-8H2,1H3. The van der Waals surface area contributed by atoms with Crippen LogP contribution in [0.15, 0.2) is 18.2 Å². The van der Waals surface area contributed by atoms with Crippen molar-refractivity contribution in [1.82, 2.24) is 5.32 Å². The molecule has 1 N–H and O–H groups in total. The van der Waals surface area contributed by atoms with E-state index < -0.39 is 9.84 Å². The van der Waals surface area contributed by atoms with E-state index in [2.05, 4.69) is 5.32 Å². The third-order valence-electron chi connectivity index (χ3n) is 3.21. The molecule has 0 amide bonds. The van der Waals surface area contributed by atoms with Crippen molar-refractivity contribution in [3.63, 3.8) is 0 Å². The van der Waals surface area contributed by atoms with Crippen LogP contribution in [0.1, 0.15) is 22.3 Å². The number of hydrogen-bond donors (Lipinski definition) is 1. The summed E-state index contributed by atoms with van der Waals surface area (Å²) in [5, 5.41) is 3.03. The lowest BCUT2D eigenvalue weighted by Crippen LogP contribution is -2.46. The van der Waals surface area contributed by atoms with Crippen molar-refractivity contribution in [3.8, 4) is 0 Å². The molecule has 6 heteroatoms. The molecule has 1 aromatic carbocycles. The summed E-state index contributed by atoms with van der Waals surface area (Å²) in [6.07, 6.45) is 0.115. The van der Waals surface area contributed by atoms with Crippen LogP contribution >= 0.6 is 0 Å². The monoisotopic (exact) mass is 285 g/mol. The largest absolute Gasteiger partial charge is 0.312 e. The Balaban J connectivity index is 2.06. The number of hydrogen-bond acceptors (Lipinski definition) is 4. The fraction of sp³-hybridized carbons (Fsp3) is 0.462. The van der Waals surface area contributed by atoms with Crippen LogP contribution in [0.2, 0.25) is 0 Å². The van der Waals surface area contributed by atoms with E-state index in [0.717, 1.165) is 0 Å². The molecule has 1 aromatic rings. The molecule has 0 radical (unpaired) electrons. The zero-order valence-corrected chi connectivity index (χ0v) is 11.5. The molecular weight excluding hydrogens is 269 g/mol. The second-order valence-corrected chi connectivity index (χ2v) is 7.09. The van der Waals surface area contributed by atoms with Crippen molar-refractivity contribution in [1.29, 1.82) is 0 Å². The van der Waals surface area contributed by atoms with Gasteiger partial charge >= 0.3 is 0 Å². The average molecular weight is 285 g/mol. The average Bonchev–Trinajstić information content (AvgIpc) is 2.31. The number of nitrogens with one attached hydrogen (secondary N) is 1. The quantitative estimate of drug-likeness (QED) is 0.845. The van der Waals surface area contributed by atoms with Gasteiger partial charge in [0.2, 0.25) is 0 Å². The van der Waals surface area contributed by atoms with Crippen LogP contribution in [0.5, 0.6) is 0 Å². The molecule has 4 nitrogen and oxygen atoms in total. The zero-order chi connectivity index (χ0) is 14.0. The van der Waals surface area contributed by atoms with E-state index in [1.165, 1.54) is 18.2 Å². The van der Waals surface area contributed by atoms with Gasteiger partial charge in [-0.2, -0.15) is 0 Å². The molecule has 104 valence electrons. The maximum atomic E-state index is 13.1. The van der Waals surface area contributed by atoms with Gasteiger partial charge in [-0.05, 0) is 30.7 Å². The number of sulfone groups is 1. The van der Waals surface area contributed by atoms with Crippen molar-refractivity contribution < 1.29 is 17.6 Å². The highest BCUT2D eigenvalue weighted by Crippen LogP contribution is 2.14. The fourth-order valence-corrected chi connectivity index (χ4v) is 3.60. The van der Waals surface area contributed by atoms with Crippen molar-refractivity contribution in [3.05, 3.63) is 35.1 Å². The first-order valence-corrected chi connectivity index (χ1v) is 7.93. The number of carbonyl (C=O) groups is 1. The Morgan fingerprint density at radius 2 is 2.21 bits per heavy atom. The lowest BCUT2D eigenvalue weighted by atomic mass is 10.0. The lowest BCUT2D eigenvalue weighted by Gasteiger charge is -2.23. The van der Waals surface area contributed by atoms with E-state index in [0.29, 0.717) is 17.7 Å². The number of carbonyl (C=O) groups excluding carboxylic acids is 1. The molecule has 1 fully saturated rings. The highest BCUT2D eigenvalue weighted by atomic mass is 32.2. The first-order valence-electron chi connectivity index (χ1n) is 6.10. The van der Waals surface area contributed by atoms with Gasteiger partial charge in [0, 0.05) is 24.6 Å². The van der Waals surface area contributed by atoms with Crippen molar-refractivity contribution >= 4 is 15.6 Å². The Morgan fingerprint density at radius 3 is 2.84 bits per heavy atom. The van der Waals surface area contributed by atoms with E-state index in [9.17, 15) is 17.6 Å². The summed E-state index contributed by atoms with van der Waals surface area (Å²) in [5.74, 6) is -0.417. The first kappa shape index (κ1) is 14.1. The molecule has 1 heterocycles. The topological polar surface area (TPSA) is 63.2 Å². The SMILES string of the molecule is Cc1cc(C(=O)CC2CS(=O)(=O)CCN2)ccc1F. The van der Waals surface area contributed by atoms with Gasteiger partial charge in [-0.15, -0.1) is 0 Å². The Kier molecular flexibility index (Phi) is 4.01. The lowest BCUT2D eigenvalue weighted by molar-refractivity contribution is 0.0971. The van der Waals surface area contributed by atoms with Gasteiger partial charge < -0.3 is 5.32 Å². The molecule has 1 aliphatic rings. The van der Waals surface area contributed by atoms with Crippen LogP contribution in [0.4, 0.5) is 4.39 Å². The van der Waals surface area contributed by atoms with Crippen LogP contribution in [0, 0.1) is 12.7 Å². The summed E-state index contributed by atoms with van der Waals surface area (Å²) in [5.41, 5.74) is 0.832. The summed E-state index contributed by atoms with van der Waals surface area (Å²) < 4.78 is 36.1. The molecule has 0 spiro atoms. The normalized spacial score (nSPS) is 22.1. The van der Waals surface area contributed by atoms with Crippen LogP contribution in [-0.2, 0) is 9.84 Å². The van der Waals surface area contributed by atoms with Crippen molar-refractivity contribution in [2.24, 2.45) is 0 Å². The van der Waals surface area contributed by atoms with Gasteiger partial charge in [-0.1, -0.05) is 0 Å². The molecule has 1 aliphatic heterocycles. The molecule has 1 atom stereocenters. The highest BCUT2D eigenvalue weighted by Gasteiger charge is 2.26. The Morgan fingerprint density at radius 1 is 1.47 bits per heavy atom. The van der Waals surface area contributed by atoms with Crippen LogP contribution in [0.25, 0.3) is 0 Å². The van der Waals surface area contributed by atoms with Crippen molar-refractivity contribution in [2.75, 3.05) is 18.1 Å². The maximum Gasteiger partial charge on any atom is 0.164 e. The van der Waals surface area contributed by atoms with Crippen molar-refractivity contribution in [2.45, 2.75) is 19.4 Å². The predicted octanol–water partition coefficient (Wildman–Crippen LogP) is 1.09. The number of halogens is 1. The predicted molar refractivity (Wildman–Crippen MR) is 70.5 cm³/mol. The minimum atomic E-state index is -3.05. The van der Waals surface area contributed by atoms with E-state index in [-0.39, 0.29) is 35.6 Å². The van der Waals surface area contributed by atoms with E-state index in [4.69, 9.17) is 0 Å². The molecule has 19 heavy (non-hydrogen) atoms. The van der Waals surface area contributed by atoms with Gasteiger partial charge in [-0.3, -0.25) is 4.79 Å². The van der Waals surface area contributed by atoms with Gasteiger partial charge in [0.05, 0.1) is 11.5 Å². The minimum absolute atomic E-state index is 0.0150. The molecular formula is C13H16FNO3S. The summed E-state index contributed by atoms with van der Waals surface area (Å²) in [7, 11) is -3.05. The zero-order valence-electron chi connectivity index (χ0n) is 10.6. The number of benzene rings is 1. The number of ketones is 1. The number of rotatable bonds is 3. The third kappa shape index (κ3) is 3.61. The summed E-state index contributed by atoms with van der Waals surface area (Å²) in [4.78, 5) is 12.0. The van der Waals surface area contributed by atoms with E-state index >= 15 is 0 Å². The molecule has 1 saturated heterocycles. The smallest absolute Gasteiger partial charge is 0.164 e. The Hall–Kier alpha value is -1.27. The maximum absolute atomic E-state index is 13.1. The van der Waals surface area contributed by atoms with Crippen LogP contribution < -0.4 is 5.32 Å². The second-order valence-electron chi connectivity index (χ2n) is 4.86. The van der Waals surface area contributed by atoms with E-state index in [1.807, 2.05) is 0 Å². The molecule has 0 aliphatic carbocycles. The van der Waals surface area contributed by atoms with Gasteiger partial charge in [-0.25, -0.2) is 12.8 Å². The minimum Gasteiger partial charge on any atom is -0.312 e. The number of Topliss-reactive ketones (excluding diaryl/α,β-unsaturated/α-hetero) is 1. The van der Waals surface area contributed by atoms with Gasteiger partial charge in [0.15, 0.2) is 15.6 Å². The van der Waals surface area contributed by atoms with Gasteiger partial charge in [0.25, 0.3) is 0 Å². The molecule has 1 unspecified atom stereocenters. The van der Waals surface area contributed by atoms with Crippen LogP contribution in [0.3, 0.4) is 0 Å². The second kappa shape index (κ2) is 5.38.